The van der Waals surface area contributed by atoms with Gasteiger partial charge >= 0.3 is 5.97 Å². The van der Waals surface area contributed by atoms with E-state index in [9.17, 15) is 4.79 Å². The maximum Gasteiger partial charge on any atom is 0.305 e. The molecule has 0 amide bonds. The Labute approximate surface area is 107 Å². The van der Waals surface area contributed by atoms with Crippen LogP contribution in [0.2, 0.25) is 0 Å². The number of hydrogen-bond acceptors (Lipinski definition) is 2. The molecule has 0 unspecified atom stereocenters. The molecule has 0 aliphatic carbocycles. The molecule has 1 aromatic carbocycles. The van der Waals surface area contributed by atoms with Crippen molar-refractivity contribution in [3.8, 4) is 0 Å². The Kier molecular flexibility index (Phi) is 4.40. The number of rotatable bonds is 6. The van der Waals surface area contributed by atoms with E-state index in [2.05, 4.69) is 35.0 Å². The Hall–Kier alpha value is -1.77. The minimum Gasteiger partial charge on any atom is -0.466 e. The van der Waals surface area contributed by atoms with Crippen molar-refractivity contribution in [3.63, 3.8) is 0 Å². The average Bonchev–Trinajstić information content (AvgIpc) is 2.78. The minimum atomic E-state index is -0.0881. The zero-order valence-electron chi connectivity index (χ0n) is 10.8. The smallest absolute Gasteiger partial charge is 0.305 e. The lowest BCUT2D eigenvalue weighted by atomic mass is 10.2. The first-order valence-electron chi connectivity index (χ1n) is 6.50. The second kappa shape index (κ2) is 6.24. The van der Waals surface area contributed by atoms with Gasteiger partial charge in [-0.15, -0.1) is 0 Å². The van der Waals surface area contributed by atoms with Gasteiger partial charge in [-0.25, -0.2) is 0 Å². The number of aromatic nitrogens is 1. The van der Waals surface area contributed by atoms with Gasteiger partial charge in [0.05, 0.1) is 6.61 Å². The van der Waals surface area contributed by atoms with Crippen LogP contribution in [0.4, 0.5) is 0 Å². The van der Waals surface area contributed by atoms with Gasteiger partial charge in [0.15, 0.2) is 0 Å². The molecule has 0 N–H and O–H groups in total. The molecule has 0 fully saturated rings. The third-order valence-electron chi connectivity index (χ3n) is 3.02. The zero-order chi connectivity index (χ0) is 12.8. The molecule has 2 aromatic rings. The van der Waals surface area contributed by atoms with Crippen molar-refractivity contribution in [3.05, 3.63) is 36.5 Å². The molecule has 0 aliphatic heterocycles. The maximum atomic E-state index is 11.2. The summed E-state index contributed by atoms with van der Waals surface area (Å²) in [6.07, 6.45) is 4.50. The largest absolute Gasteiger partial charge is 0.466 e. The van der Waals surface area contributed by atoms with Crippen LogP contribution < -0.4 is 0 Å². The van der Waals surface area contributed by atoms with Crippen molar-refractivity contribution in [1.29, 1.82) is 0 Å². The first-order valence-corrected chi connectivity index (χ1v) is 6.50. The second-order valence-electron chi connectivity index (χ2n) is 4.33. The molecule has 96 valence electrons. The van der Waals surface area contributed by atoms with Crippen LogP contribution in [0.25, 0.3) is 10.9 Å². The van der Waals surface area contributed by atoms with Crippen LogP contribution in [0.3, 0.4) is 0 Å². The highest BCUT2D eigenvalue weighted by Gasteiger charge is 2.02. The van der Waals surface area contributed by atoms with E-state index in [0.29, 0.717) is 13.0 Å². The first-order chi connectivity index (χ1) is 8.81. The molecule has 3 heteroatoms. The van der Waals surface area contributed by atoms with Gasteiger partial charge in [-0.1, -0.05) is 18.2 Å². The number of benzene rings is 1. The number of nitrogens with zero attached hydrogens (tertiary/aromatic N) is 1. The Morgan fingerprint density at radius 3 is 2.89 bits per heavy atom. The molecule has 1 heterocycles. The Bertz CT molecular complexity index is 516. The van der Waals surface area contributed by atoms with Crippen LogP contribution in [0.5, 0.6) is 0 Å². The van der Waals surface area contributed by atoms with Gasteiger partial charge in [-0.05, 0) is 37.3 Å². The molecule has 0 bridgehead atoms. The molecular formula is C15H19NO2. The summed E-state index contributed by atoms with van der Waals surface area (Å²) in [5, 5.41) is 1.27. The van der Waals surface area contributed by atoms with E-state index in [4.69, 9.17) is 4.74 Å². The summed E-state index contributed by atoms with van der Waals surface area (Å²) in [6, 6.07) is 10.5. The van der Waals surface area contributed by atoms with Crippen molar-refractivity contribution >= 4 is 16.9 Å². The molecule has 1 aromatic heterocycles. The van der Waals surface area contributed by atoms with Crippen LogP contribution in [0.15, 0.2) is 36.5 Å². The first kappa shape index (κ1) is 12.7. The number of fused-ring (bicyclic) bond motifs is 1. The van der Waals surface area contributed by atoms with Crippen LogP contribution in [0.1, 0.15) is 26.2 Å². The Morgan fingerprint density at radius 2 is 2.06 bits per heavy atom. The number of carbonyl (C=O) groups is 1. The fraction of sp³-hybridized carbons (Fsp3) is 0.400. The predicted octanol–water partition coefficient (Wildman–Crippen LogP) is 3.37. The molecule has 3 nitrogen and oxygen atoms in total. The average molecular weight is 245 g/mol. The van der Waals surface area contributed by atoms with Gasteiger partial charge in [0.2, 0.25) is 0 Å². The van der Waals surface area contributed by atoms with Gasteiger partial charge in [0.1, 0.15) is 0 Å². The third-order valence-corrected chi connectivity index (χ3v) is 3.02. The molecule has 0 saturated carbocycles. The molecular weight excluding hydrogens is 226 g/mol. The summed E-state index contributed by atoms with van der Waals surface area (Å²) >= 11 is 0. The number of aryl methyl sites for hydroxylation is 1. The summed E-state index contributed by atoms with van der Waals surface area (Å²) in [6.45, 7) is 3.26. The minimum absolute atomic E-state index is 0.0881. The monoisotopic (exact) mass is 245 g/mol. The lowest BCUT2D eigenvalue weighted by molar-refractivity contribution is -0.143. The van der Waals surface area contributed by atoms with E-state index >= 15 is 0 Å². The quantitative estimate of drug-likeness (QED) is 0.577. The van der Waals surface area contributed by atoms with E-state index in [1.54, 1.807) is 0 Å². The highest BCUT2D eigenvalue weighted by Crippen LogP contribution is 2.15. The van der Waals surface area contributed by atoms with Gasteiger partial charge < -0.3 is 9.30 Å². The summed E-state index contributed by atoms with van der Waals surface area (Å²) in [5.74, 6) is -0.0881. The van der Waals surface area contributed by atoms with E-state index in [1.807, 2.05) is 13.0 Å². The number of esters is 1. The van der Waals surface area contributed by atoms with Crippen LogP contribution in [-0.2, 0) is 16.1 Å². The number of hydrogen-bond donors (Lipinski definition) is 0. The number of carbonyl (C=O) groups excluding carboxylic acids is 1. The van der Waals surface area contributed by atoms with Gasteiger partial charge in [0, 0.05) is 24.7 Å². The fourth-order valence-corrected chi connectivity index (χ4v) is 2.12. The molecule has 0 aliphatic rings. The molecule has 2 rings (SSSR count). The number of para-hydroxylation sites is 1. The molecule has 0 saturated heterocycles. The summed E-state index contributed by atoms with van der Waals surface area (Å²) in [4.78, 5) is 11.2. The maximum absolute atomic E-state index is 11.2. The molecule has 0 atom stereocenters. The lowest BCUT2D eigenvalue weighted by Gasteiger charge is -2.05. The Morgan fingerprint density at radius 1 is 1.22 bits per heavy atom. The van der Waals surface area contributed by atoms with Crippen molar-refractivity contribution < 1.29 is 9.53 Å². The topological polar surface area (TPSA) is 31.2 Å². The fourth-order valence-electron chi connectivity index (χ4n) is 2.12. The second-order valence-corrected chi connectivity index (χ2v) is 4.33. The van der Waals surface area contributed by atoms with E-state index in [-0.39, 0.29) is 5.97 Å². The van der Waals surface area contributed by atoms with Crippen LogP contribution in [0, 0.1) is 0 Å². The lowest BCUT2D eigenvalue weighted by Crippen LogP contribution is -2.04. The van der Waals surface area contributed by atoms with E-state index in [1.165, 1.54) is 10.9 Å². The summed E-state index contributed by atoms with van der Waals surface area (Å²) in [7, 11) is 0. The molecule has 18 heavy (non-hydrogen) atoms. The van der Waals surface area contributed by atoms with Crippen LogP contribution in [-0.4, -0.2) is 17.1 Å². The predicted molar refractivity (Wildman–Crippen MR) is 72.4 cm³/mol. The van der Waals surface area contributed by atoms with Crippen molar-refractivity contribution in [2.24, 2.45) is 0 Å². The summed E-state index contributed by atoms with van der Waals surface area (Å²) < 4.78 is 7.14. The van der Waals surface area contributed by atoms with Gasteiger partial charge in [-0.3, -0.25) is 4.79 Å². The standard InChI is InChI=1S/C15H19NO2/c1-2-18-15(17)9-5-6-11-16-12-10-13-7-3-4-8-14(13)16/h3-4,7-8,10,12H,2,5-6,9,11H2,1H3. The third kappa shape index (κ3) is 3.13. The Balaban J connectivity index is 1.82. The number of ether oxygens (including phenoxy) is 1. The van der Waals surface area contributed by atoms with Crippen molar-refractivity contribution in [2.75, 3.05) is 6.61 Å². The SMILES string of the molecule is CCOC(=O)CCCCn1ccc2ccccc21. The van der Waals surface area contributed by atoms with E-state index in [0.717, 1.165) is 19.4 Å². The van der Waals surface area contributed by atoms with Crippen molar-refractivity contribution in [1.82, 2.24) is 4.57 Å². The molecule has 0 spiro atoms. The number of unbranched alkanes of at least 4 members (excludes halogenated alkanes) is 1. The highest BCUT2D eigenvalue weighted by atomic mass is 16.5. The highest BCUT2D eigenvalue weighted by molar-refractivity contribution is 5.79. The van der Waals surface area contributed by atoms with Gasteiger partial charge in [0.25, 0.3) is 0 Å². The molecule has 0 radical (unpaired) electrons. The summed E-state index contributed by atoms with van der Waals surface area (Å²) in [5.41, 5.74) is 1.26. The van der Waals surface area contributed by atoms with Gasteiger partial charge in [-0.2, -0.15) is 0 Å². The van der Waals surface area contributed by atoms with E-state index < -0.39 is 0 Å². The van der Waals surface area contributed by atoms with Crippen molar-refractivity contribution in [2.45, 2.75) is 32.7 Å². The normalized spacial score (nSPS) is 10.7. The zero-order valence-corrected chi connectivity index (χ0v) is 10.8. The van der Waals surface area contributed by atoms with Crippen LogP contribution >= 0.6 is 0 Å².